The first-order valence-corrected chi connectivity index (χ1v) is 7.18. The highest BCUT2D eigenvalue weighted by Gasteiger charge is 2.17. The Morgan fingerprint density at radius 3 is 2.83 bits per heavy atom. The van der Waals surface area contributed by atoms with E-state index in [0.717, 1.165) is 13.1 Å². The second-order valence-corrected chi connectivity index (χ2v) is 5.56. The third kappa shape index (κ3) is 3.49. The Hall–Kier alpha value is -1.01. The summed E-state index contributed by atoms with van der Waals surface area (Å²) in [4.78, 5) is 17.8. The fourth-order valence-corrected chi connectivity index (χ4v) is 2.91. The van der Waals surface area contributed by atoms with Gasteiger partial charge in [0.2, 0.25) is 11.9 Å². The number of halogens is 1. The number of nitrogens with zero attached hydrogens (tertiary/aromatic N) is 2. The molecule has 0 unspecified atom stereocenters. The molecule has 1 amide bonds. The average Bonchev–Trinajstić information content (AvgIpc) is 2.71. The third-order valence-electron chi connectivity index (χ3n) is 3.03. The van der Waals surface area contributed by atoms with Crippen LogP contribution in [0, 0.1) is 5.95 Å². The maximum atomic E-state index is 13.6. The van der Waals surface area contributed by atoms with Crippen molar-refractivity contribution in [3.05, 3.63) is 10.8 Å². The van der Waals surface area contributed by atoms with Gasteiger partial charge in [0.15, 0.2) is 5.13 Å². The minimum atomic E-state index is -0.447. The quantitative estimate of drug-likeness (QED) is 0.915. The van der Waals surface area contributed by atoms with E-state index in [1.54, 1.807) is 6.92 Å². The minimum absolute atomic E-state index is 0.131. The molecule has 1 N–H and O–H groups in total. The van der Waals surface area contributed by atoms with Crippen LogP contribution >= 0.6 is 11.3 Å². The Kier molecular flexibility index (Phi) is 4.66. The number of anilines is 1. The molecule has 0 saturated carbocycles. The van der Waals surface area contributed by atoms with Gasteiger partial charge in [-0.2, -0.15) is 9.37 Å². The van der Waals surface area contributed by atoms with E-state index in [2.05, 4.69) is 15.2 Å². The first-order chi connectivity index (χ1) is 8.69. The van der Waals surface area contributed by atoms with Crippen LogP contribution in [0.1, 0.15) is 37.5 Å². The van der Waals surface area contributed by atoms with Crippen molar-refractivity contribution in [1.29, 1.82) is 0 Å². The molecule has 0 bridgehead atoms. The van der Waals surface area contributed by atoms with Gasteiger partial charge in [0.1, 0.15) is 0 Å². The van der Waals surface area contributed by atoms with Gasteiger partial charge < -0.3 is 5.32 Å². The van der Waals surface area contributed by atoms with Gasteiger partial charge >= 0.3 is 0 Å². The predicted octanol–water partition coefficient (Wildman–Crippen LogP) is 2.62. The Labute approximate surface area is 110 Å². The highest BCUT2D eigenvalue weighted by molar-refractivity contribution is 7.15. The van der Waals surface area contributed by atoms with Crippen molar-refractivity contribution in [1.82, 2.24) is 9.88 Å². The summed E-state index contributed by atoms with van der Waals surface area (Å²) in [6.07, 6.45) is 4.00. The van der Waals surface area contributed by atoms with Crippen molar-refractivity contribution in [2.75, 3.05) is 18.4 Å². The minimum Gasteiger partial charge on any atom is -0.302 e. The zero-order valence-corrected chi connectivity index (χ0v) is 11.4. The van der Waals surface area contributed by atoms with Gasteiger partial charge in [-0.1, -0.05) is 24.7 Å². The Morgan fingerprint density at radius 1 is 1.44 bits per heavy atom. The molecule has 0 aliphatic carbocycles. The zero-order chi connectivity index (χ0) is 13.0. The van der Waals surface area contributed by atoms with Gasteiger partial charge in [-0.05, 0) is 25.9 Å². The maximum Gasteiger partial charge on any atom is 0.230 e. The molecule has 0 spiro atoms. The van der Waals surface area contributed by atoms with E-state index in [4.69, 9.17) is 0 Å². The molecule has 18 heavy (non-hydrogen) atoms. The number of nitrogens with one attached hydrogen (secondary N) is 1. The summed E-state index contributed by atoms with van der Waals surface area (Å²) in [5, 5.41) is 2.97. The summed E-state index contributed by atoms with van der Waals surface area (Å²) in [5.74, 6) is -0.578. The monoisotopic (exact) mass is 271 g/mol. The summed E-state index contributed by atoms with van der Waals surface area (Å²) < 4.78 is 13.6. The number of hydrogen-bond acceptors (Lipinski definition) is 4. The zero-order valence-electron chi connectivity index (χ0n) is 10.5. The fraction of sp³-hybridized carbons (Fsp3) is 0.667. The number of hydrogen-bond donors (Lipinski definition) is 1. The number of piperidine rings is 1. The lowest BCUT2D eigenvalue weighted by molar-refractivity contribution is -0.115. The smallest absolute Gasteiger partial charge is 0.230 e. The first kappa shape index (κ1) is 13.4. The number of amides is 1. The van der Waals surface area contributed by atoms with E-state index in [9.17, 15) is 9.18 Å². The van der Waals surface area contributed by atoms with Crippen LogP contribution in [0.4, 0.5) is 9.52 Å². The Morgan fingerprint density at radius 2 is 2.17 bits per heavy atom. The van der Waals surface area contributed by atoms with E-state index < -0.39 is 5.95 Å². The van der Waals surface area contributed by atoms with E-state index in [-0.39, 0.29) is 5.91 Å². The van der Waals surface area contributed by atoms with Gasteiger partial charge in [-0.3, -0.25) is 9.69 Å². The standard InChI is InChI=1S/C12H18FN3OS/c1-2-10(17)14-12-15-11(13)9(18-12)8-16-6-4-3-5-7-16/h2-8H2,1H3,(H,14,15,17). The lowest BCUT2D eigenvalue weighted by atomic mass is 10.1. The van der Waals surface area contributed by atoms with Gasteiger partial charge in [0.05, 0.1) is 4.88 Å². The molecular weight excluding hydrogens is 253 g/mol. The van der Waals surface area contributed by atoms with Crippen LogP contribution in [0.5, 0.6) is 0 Å². The number of carbonyl (C=O) groups is 1. The molecule has 6 heteroatoms. The normalized spacial score (nSPS) is 16.8. The van der Waals surface area contributed by atoms with Crippen molar-refractivity contribution >= 4 is 22.4 Å². The second kappa shape index (κ2) is 6.24. The number of thiazole rings is 1. The van der Waals surface area contributed by atoms with Gasteiger partial charge in [0, 0.05) is 13.0 Å². The van der Waals surface area contributed by atoms with Gasteiger partial charge in [-0.15, -0.1) is 0 Å². The van der Waals surface area contributed by atoms with Crippen LogP contribution in [-0.2, 0) is 11.3 Å². The molecule has 2 rings (SSSR count). The van der Waals surface area contributed by atoms with Crippen LogP contribution in [0.25, 0.3) is 0 Å². The number of rotatable bonds is 4. The summed E-state index contributed by atoms with van der Waals surface area (Å²) in [6.45, 7) is 4.40. The van der Waals surface area contributed by atoms with Crippen LogP contribution < -0.4 is 5.32 Å². The van der Waals surface area contributed by atoms with Crippen LogP contribution in [0.3, 0.4) is 0 Å². The molecule has 1 aromatic rings. The molecule has 0 atom stereocenters. The van der Waals surface area contributed by atoms with Crippen LogP contribution in [0.2, 0.25) is 0 Å². The van der Waals surface area contributed by atoms with E-state index >= 15 is 0 Å². The van der Waals surface area contributed by atoms with E-state index in [1.807, 2.05) is 0 Å². The summed E-state index contributed by atoms with van der Waals surface area (Å²) >= 11 is 1.24. The van der Waals surface area contributed by atoms with Gasteiger partial charge in [0.25, 0.3) is 0 Å². The van der Waals surface area contributed by atoms with Crippen LogP contribution in [-0.4, -0.2) is 28.9 Å². The lowest BCUT2D eigenvalue weighted by Gasteiger charge is -2.25. The molecule has 100 valence electrons. The third-order valence-corrected chi connectivity index (χ3v) is 3.96. The topological polar surface area (TPSA) is 45.2 Å². The molecule has 1 fully saturated rings. The number of carbonyl (C=O) groups excluding carboxylic acids is 1. The number of likely N-dealkylation sites (tertiary alicyclic amines) is 1. The molecule has 2 heterocycles. The lowest BCUT2D eigenvalue weighted by Crippen LogP contribution is -2.29. The highest BCUT2D eigenvalue weighted by atomic mass is 32.1. The molecule has 4 nitrogen and oxygen atoms in total. The molecular formula is C12H18FN3OS. The van der Waals surface area contributed by atoms with Crippen molar-refractivity contribution in [3.8, 4) is 0 Å². The maximum absolute atomic E-state index is 13.6. The van der Waals surface area contributed by atoms with Crippen molar-refractivity contribution < 1.29 is 9.18 Å². The molecule has 0 aromatic carbocycles. The molecule has 1 saturated heterocycles. The largest absolute Gasteiger partial charge is 0.302 e. The van der Waals surface area contributed by atoms with Crippen molar-refractivity contribution in [3.63, 3.8) is 0 Å². The van der Waals surface area contributed by atoms with Crippen LogP contribution in [0.15, 0.2) is 0 Å². The van der Waals surface area contributed by atoms with Crippen molar-refractivity contribution in [2.45, 2.75) is 39.2 Å². The summed E-state index contributed by atoms with van der Waals surface area (Å²) in [6, 6.07) is 0. The first-order valence-electron chi connectivity index (χ1n) is 6.36. The Balaban J connectivity index is 1.97. The molecule has 1 aliphatic rings. The second-order valence-electron chi connectivity index (χ2n) is 4.47. The number of aromatic nitrogens is 1. The van der Waals surface area contributed by atoms with E-state index in [1.165, 1.54) is 30.6 Å². The summed E-state index contributed by atoms with van der Waals surface area (Å²) in [7, 11) is 0. The average molecular weight is 271 g/mol. The molecule has 0 radical (unpaired) electrons. The van der Waals surface area contributed by atoms with Gasteiger partial charge in [-0.25, -0.2) is 0 Å². The molecule has 1 aliphatic heterocycles. The predicted molar refractivity (Wildman–Crippen MR) is 70.1 cm³/mol. The van der Waals surface area contributed by atoms with Crippen molar-refractivity contribution in [2.24, 2.45) is 0 Å². The molecule has 1 aromatic heterocycles. The fourth-order valence-electron chi connectivity index (χ4n) is 2.01. The van der Waals surface area contributed by atoms with E-state index in [0.29, 0.717) is 23.0 Å². The SMILES string of the molecule is CCC(=O)Nc1nc(F)c(CN2CCCCC2)s1. The summed E-state index contributed by atoms with van der Waals surface area (Å²) in [5.41, 5.74) is 0. The Bertz CT molecular complexity index is 415. The highest BCUT2D eigenvalue weighted by Crippen LogP contribution is 2.24.